The molecule has 2 aliphatic heterocycles. The third-order valence-electron chi connectivity index (χ3n) is 16.2. The van der Waals surface area contributed by atoms with Gasteiger partial charge in [0.05, 0.1) is 5.69 Å². The Morgan fingerprint density at radius 1 is 0.377 bits per heavy atom. The second-order valence-corrected chi connectivity index (χ2v) is 26.3. The maximum absolute atomic E-state index is 2.71. The van der Waals surface area contributed by atoms with Crippen LogP contribution in [0.2, 0.25) is 0 Å². The molecule has 7 aromatic carbocycles. The second kappa shape index (κ2) is 15.9. The first-order valence-corrected chi connectivity index (χ1v) is 25.8. The van der Waals surface area contributed by atoms with E-state index in [4.69, 9.17) is 0 Å². The van der Waals surface area contributed by atoms with E-state index in [-0.39, 0.29) is 39.2 Å². The van der Waals surface area contributed by atoms with E-state index in [2.05, 4.69) is 260 Å². The van der Waals surface area contributed by atoms with Gasteiger partial charge in [-0.15, -0.1) is 0 Å². The number of benzene rings is 7. The molecule has 10 rings (SSSR count). The molecular weight excluding hydrogens is 832 g/mol. The van der Waals surface area contributed by atoms with Crippen molar-refractivity contribution in [2.45, 2.75) is 156 Å². The monoisotopic (exact) mass is 907 g/mol. The Morgan fingerprint density at radius 3 is 1.41 bits per heavy atom. The average molecular weight is 907 g/mol. The highest BCUT2D eigenvalue weighted by atomic mass is 15.2. The van der Waals surface area contributed by atoms with E-state index in [0.29, 0.717) is 0 Å². The summed E-state index contributed by atoms with van der Waals surface area (Å²) in [5, 5.41) is 0. The van der Waals surface area contributed by atoms with Crippen LogP contribution in [0.5, 0.6) is 0 Å². The second-order valence-electron chi connectivity index (χ2n) is 26.3. The summed E-state index contributed by atoms with van der Waals surface area (Å²) < 4.78 is 0. The summed E-state index contributed by atoms with van der Waals surface area (Å²) in [6.45, 7) is 38.2. The molecule has 0 spiro atoms. The first-order valence-electron chi connectivity index (χ1n) is 25.8. The molecule has 69 heavy (non-hydrogen) atoms. The van der Waals surface area contributed by atoms with E-state index in [1.54, 1.807) is 0 Å². The predicted molar refractivity (Wildman–Crippen MR) is 301 cm³/mol. The average Bonchev–Trinajstić information content (AvgIpc) is 3.29. The van der Waals surface area contributed by atoms with Crippen LogP contribution < -0.4 is 26.2 Å². The molecule has 3 aliphatic rings. The molecule has 0 bridgehead atoms. The van der Waals surface area contributed by atoms with Crippen LogP contribution in [-0.2, 0) is 32.5 Å². The van der Waals surface area contributed by atoms with Crippen LogP contribution in [0.3, 0.4) is 0 Å². The number of nitrogens with zero attached hydrogens (tertiary/aromatic N) is 2. The van der Waals surface area contributed by atoms with Gasteiger partial charge >= 0.3 is 0 Å². The third kappa shape index (κ3) is 8.06. The van der Waals surface area contributed by atoms with E-state index >= 15 is 0 Å². The third-order valence-corrected chi connectivity index (χ3v) is 16.2. The SMILES string of the molecule is CC(C)(C)c1ccc(N2c3ccc(C(C)(C)C)cc3B3c4cc5c(cc4N(c4ccc(C(C)(C)C)cc4-c4ccc(-c6ccccc6)cc4)c4cc(C(C)(C)C)cc2c43)C(C)(C)CCC5(C)C)cc1. The molecule has 2 nitrogen and oxygen atoms in total. The summed E-state index contributed by atoms with van der Waals surface area (Å²) in [7, 11) is 0. The molecule has 0 fully saturated rings. The highest BCUT2D eigenvalue weighted by Crippen LogP contribution is 2.53. The molecule has 0 N–H and O–H groups in total. The Balaban J connectivity index is 1.34. The van der Waals surface area contributed by atoms with Crippen LogP contribution >= 0.6 is 0 Å². The zero-order valence-corrected chi connectivity index (χ0v) is 44.7. The van der Waals surface area contributed by atoms with Crippen molar-refractivity contribution in [2.75, 3.05) is 9.80 Å². The van der Waals surface area contributed by atoms with Crippen LogP contribution in [-0.4, -0.2) is 6.71 Å². The smallest absolute Gasteiger partial charge is 0.252 e. The van der Waals surface area contributed by atoms with Gasteiger partial charge in [0, 0.05) is 34.0 Å². The Bertz CT molecular complexity index is 3120. The maximum atomic E-state index is 2.71. The Labute approximate surface area is 416 Å². The number of anilines is 6. The molecule has 1 aliphatic carbocycles. The molecule has 7 aromatic rings. The molecule has 2 heterocycles. The van der Waals surface area contributed by atoms with E-state index in [1.165, 1.54) is 106 Å². The van der Waals surface area contributed by atoms with Gasteiger partial charge in [0.25, 0.3) is 6.71 Å². The number of hydrogen-bond acceptors (Lipinski definition) is 2. The zero-order valence-electron chi connectivity index (χ0n) is 44.7. The van der Waals surface area contributed by atoms with Crippen molar-refractivity contribution in [1.29, 1.82) is 0 Å². The van der Waals surface area contributed by atoms with Crippen molar-refractivity contribution in [2.24, 2.45) is 0 Å². The topological polar surface area (TPSA) is 6.48 Å². The number of hydrogen-bond donors (Lipinski definition) is 0. The Morgan fingerprint density at radius 2 is 0.841 bits per heavy atom. The molecule has 0 amide bonds. The van der Waals surface area contributed by atoms with Crippen LogP contribution in [0.4, 0.5) is 34.1 Å². The molecule has 0 unspecified atom stereocenters. The molecule has 0 aromatic heterocycles. The lowest BCUT2D eigenvalue weighted by Crippen LogP contribution is -2.62. The standard InChI is InChI=1S/C66H75BN2/c1-61(2,3)45-26-30-49(31-27-45)68-56-33-29-47(63(7,8)9)37-53(56)67-54-40-51-52(66(15,16)35-34-65(51,13)14)41-57(54)69(59-39-48(64(10,11)12)38-58(68)60(59)67)55-32-28-46(62(4,5)6)36-50(55)44-24-22-43(23-25-44)42-20-18-17-19-21-42/h17-33,36-41H,34-35H2,1-16H3. The summed E-state index contributed by atoms with van der Waals surface area (Å²) in [5.41, 5.74) is 24.9. The van der Waals surface area contributed by atoms with Gasteiger partial charge in [-0.25, -0.2) is 0 Å². The molecule has 0 radical (unpaired) electrons. The lowest BCUT2D eigenvalue weighted by molar-refractivity contribution is 0.332. The number of fused-ring (bicyclic) bond motifs is 5. The largest absolute Gasteiger partial charge is 0.311 e. The van der Waals surface area contributed by atoms with E-state index in [1.807, 2.05) is 0 Å². The van der Waals surface area contributed by atoms with Crippen molar-refractivity contribution in [3.8, 4) is 22.3 Å². The van der Waals surface area contributed by atoms with Gasteiger partial charge in [-0.2, -0.15) is 0 Å². The summed E-state index contributed by atoms with van der Waals surface area (Å²) in [4.78, 5) is 5.32. The van der Waals surface area contributed by atoms with E-state index < -0.39 is 0 Å². The van der Waals surface area contributed by atoms with Gasteiger partial charge in [-0.1, -0.05) is 202 Å². The normalized spacial score (nSPS) is 16.1. The van der Waals surface area contributed by atoms with Gasteiger partial charge in [0.1, 0.15) is 0 Å². The van der Waals surface area contributed by atoms with Crippen molar-refractivity contribution >= 4 is 57.2 Å². The van der Waals surface area contributed by atoms with Crippen molar-refractivity contribution < 1.29 is 0 Å². The fraction of sp³-hybridized carbons (Fsp3) is 0.364. The number of rotatable bonds is 4. The van der Waals surface area contributed by atoms with Crippen molar-refractivity contribution in [1.82, 2.24) is 0 Å². The summed E-state index contributed by atoms with van der Waals surface area (Å²) in [6, 6.07) is 54.8. The van der Waals surface area contributed by atoms with Gasteiger partial charge in [0.2, 0.25) is 0 Å². The lowest BCUT2D eigenvalue weighted by atomic mass is 9.32. The van der Waals surface area contributed by atoms with Crippen LogP contribution in [0.1, 0.15) is 157 Å². The minimum atomic E-state index is -0.126. The van der Waals surface area contributed by atoms with Crippen molar-refractivity contribution in [3.63, 3.8) is 0 Å². The Hall–Kier alpha value is -5.80. The van der Waals surface area contributed by atoms with Gasteiger partial charge < -0.3 is 9.80 Å². The molecule has 0 saturated heterocycles. The summed E-state index contributed by atoms with van der Waals surface area (Å²) in [6.07, 6.45) is 2.32. The van der Waals surface area contributed by atoms with Gasteiger partial charge in [-0.05, 0) is 160 Å². The fourth-order valence-electron chi connectivity index (χ4n) is 11.5. The van der Waals surface area contributed by atoms with Crippen LogP contribution in [0.25, 0.3) is 22.3 Å². The van der Waals surface area contributed by atoms with Crippen LogP contribution in [0, 0.1) is 0 Å². The first-order chi connectivity index (χ1) is 32.2. The minimum Gasteiger partial charge on any atom is -0.311 e. The maximum Gasteiger partial charge on any atom is 0.252 e. The molecule has 0 atom stereocenters. The predicted octanol–water partition coefficient (Wildman–Crippen LogP) is 16.6. The minimum absolute atomic E-state index is 0.0197. The molecular formula is C66H75BN2. The molecule has 0 saturated carbocycles. The zero-order chi connectivity index (χ0) is 49.4. The molecule has 352 valence electrons. The Kier molecular flexibility index (Phi) is 10.8. The van der Waals surface area contributed by atoms with Crippen molar-refractivity contribution in [3.05, 3.63) is 173 Å². The van der Waals surface area contributed by atoms with E-state index in [0.717, 1.165) is 12.8 Å². The van der Waals surface area contributed by atoms with Crippen LogP contribution in [0.15, 0.2) is 140 Å². The fourth-order valence-corrected chi connectivity index (χ4v) is 11.5. The lowest BCUT2D eigenvalue weighted by Gasteiger charge is -2.48. The van der Waals surface area contributed by atoms with Gasteiger partial charge in [-0.3, -0.25) is 0 Å². The highest BCUT2D eigenvalue weighted by Gasteiger charge is 2.47. The highest BCUT2D eigenvalue weighted by molar-refractivity contribution is 7.00. The molecule has 3 heteroatoms. The van der Waals surface area contributed by atoms with Gasteiger partial charge in [0.15, 0.2) is 0 Å². The first kappa shape index (κ1) is 46.9. The quantitative estimate of drug-likeness (QED) is 0.162. The van der Waals surface area contributed by atoms with E-state index in [9.17, 15) is 0 Å². The summed E-state index contributed by atoms with van der Waals surface area (Å²) >= 11 is 0. The summed E-state index contributed by atoms with van der Waals surface area (Å²) in [5.74, 6) is 0.